The van der Waals surface area contributed by atoms with E-state index in [2.05, 4.69) is 6.07 Å². The number of nitrogens with zero attached hydrogens (tertiary/aromatic N) is 2. The number of aryl methyl sites for hydroxylation is 1. The Hall–Kier alpha value is -1.10. The number of aliphatic hydroxyl groups excluding tert-OH is 1. The van der Waals surface area contributed by atoms with Crippen LogP contribution in [0.25, 0.3) is 0 Å². The summed E-state index contributed by atoms with van der Waals surface area (Å²) >= 11 is -1.38. The van der Waals surface area contributed by atoms with Crippen molar-refractivity contribution in [2.75, 3.05) is 19.7 Å². The third-order valence-corrected chi connectivity index (χ3v) is 5.14. The molecule has 1 aromatic rings. The van der Waals surface area contributed by atoms with Gasteiger partial charge in [-0.2, -0.15) is 5.26 Å². The van der Waals surface area contributed by atoms with Crippen LogP contribution in [0, 0.1) is 11.3 Å². The van der Waals surface area contributed by atoms with E-state index in [1.807, 2.05) is 6.92 Å². The van der Waals surface area contributed by atoms with E-state index in [9.17, 15) is 9.66 Å². The van der Waals surface area contributed by atoms with Gasteiger partial charge < -0.3 is 14.8 Å². The van der Waals surface area contributed by atoms with E-state index in [0.717, 1.165) is 5.56 Å². The summed E-state index contributed by atoms with van der Waals surface area (Å²) < 4.78 is 14.3. The number of hydrogen-bond acceptors (Lipinski definition) is 5. The zero-order valence-corrected chi connectivity index (χ0v) is 12.2. The molecule has 0 amide bonds. The van der Waals surface area contributed by atoms with E-state index in [1.165, 1.54) is 0 Å². The third-order valence-electron chi connectivity index (χ3n) is 3.58. The van der Waals surface area contributed by atoms with Crippen LogP contribution in [0.3, 0.4) is 0 Å². The first-order chi connectivity index (χ1) is 9.53. The molecule has 6 heteroatoms. The summed E-state index contributed by atoms with van der Waals surface area (Å²) in [6.07, 6.45) is 1.10. The van der Waals surface area contributed by atoms with Gasteiger partial charge in [0.2, 0.25) is 0 Å². The van der Waals surface area contributed by atoms with Crippen molar-refractivity contribution in [3.63, 3.8) is 0 Å². The Morgan fingerprint density at radius 2 is 2.30 bits per heavy atom. The number of nitriles is 1. The number of rotatable bonds is 4. The van der Waals surface area contributed by atoms with Crippen molar-refractivity contribution in [2.45, 2.75) is 30.3 Å². The van der Waals surface area contributed by atoms with Gasteiger partial charge in [0.05, 0.1) is 36.1 Å². The third kappa shape index (κ3) is 2.97. The van der Waals surface area contributed by atoms with Gasteiger partial charge in [-0.25, -0.2) is 0 Å². The van der Waals surface area contributed by atoms with E-state index in [4.69, 9.17) is 10.4 Å². The van der Waals surface area contributed by atoms with Crippen LogP contribution in [0.2, 0.25) is 0 Å². The van der Waals surface area contributed by atoms with Crippen molar-refractivity contribution in [1.29, 1.82) is 5.26 Å². The Morgan fingerprint density at radius 3 is 2.85 bits per heavy atom. The summed E-state index contributed by atoms with van der Waals surface area (Å²) in [6.45, 7) is 2.30. The number of β-amino-alcohol motifs (C(OH)–C–C–N with tert-alkyl or cyclic N) is 1. The molecular formula is C14H18N2O3S. The molecule has 1 aliphatic rings. The van der Waals surface area contributed by atoms with Crippen LogP contribution < -0.4 is 0 Å². The van der Waals surface area contributed by atoms with Crippen LogP contribution >= 0.6 is 0 Å². The average Bonchev–Trinajstić information content (AvgIpc) is 2.89. The van der Waals surface area contributed by atoms with Crippen LogP contribution in [0.1, 0.15) is 24.5 Å². The molecule has 1 saturated heterocycles. The Kier molecular flexibility index (Phi) is 4.68. The minimum atomic E-state index is -1.38. The molecule has 20 heavy (non-hydrogen) atoms. The van der Waals surface area contributed by atoms with Gasteiger partial charge in [0, 0.05) is 12.1 Å². The standard InChI is InChI=1S/C14H18N2O3S/c1-2-12-7-11(8-15)3-4-13(12)20(19)16-6-5-14(18,9-16)10-17/h3-4,7,17-18H,2,5-6,9-10H2,1H3. The van der Waals surface area contributed by atoms with Gasteiger partial charge in [-0.1, -0.05) is 6.92 Å². The second-order valence-corrected chi connectivity index (χ2v) is 6.49. The van der Waals surface area contributed by atoms with Gasteiger partial charge in [0.1, 0.15) is 5.60 Å². The highest BCUT2D eigenvalue weighted by atomic mass is 32.2. The van der Waals surface area contributed by atoms with E-state index in [1.54, 1.807) is 22.5 Å². The fraction of sp³-hybridized carbons (Fsp3) is 0.500. The van der Waals surface area contributed by atoms with Gasteiger partial charge in [-0.05, 0) is 31.0 Å². The van der Waals surface area contributed by atoms with E-state index < -0.39 is 17.0 Å². The van der Waals surface area contributed by atoms with E-state index in [-0.39, 0.29) is 13.2 Å². The lowest BCUT2D eigenvalue weighted by Gasteiger charge is -2.23. The molecule has 0 aliphatic carbocycles. The Morgan fingerprint density at radius 1 is 1.55 bits per heavy atom. The van der Waals surface area contributed by atoms with Crippen molar-refractivity contribution in [2.24, 2.45) is 0 Å². The summed E-state index contributed by atoms with van der Waals surface area (Å²) in [5, 5.41) is 28.1. The van der Waals surface area contributed by atoms with E-state index >= 15 is 0 Å². The first kappa shape index (κ1) is 15.3. The molecule has 1 fully saturated rings. The van der Waals surface area contributed by atoms with Crippen molar-refractivity contribution in [3.8, 4) is 6.07 Å². The summed E-state index contributed by atoms with van der Waals surface area (Å²) in [4.78, 5) is 0.675. The first-order valence-electron chi connectivity index (χ1n) is 6.56. The SMILES string of the molecule is CCc1cc(C#N)ccc1[S+]([O-])N1CCC(O)(CO)C1. The lowest BCUT2D eigenvalue weighted by atomic mass is 10.1. The Balaban J connectivity index is 2.22. The molecule has 1 aliphatic heterocycles. The molecule has 1 aromatic carbocycles. The molecule has 0 aromatic heterocycles. The molecule has 2 rings (SSSR count). The number of aliphatic hydroxyl groups is 2. The maximum Gasteiger partial charge on any atom is 0.177 e. The molecule has 0 radical (unpaired) electrons. The van der Waals surface area contributed by atoms with Gasteiger partial charge in [-0.3, -0.25) is 0 Å². The van der Waals surface area contributed by atoms with Crippen LogP contribution in [-0.4, -0.2) is 44.4 Å². The van der Waals surface area contributed by atoms with Gasteiger partial charge in [0.25, 0.3) is 0 Å². The molecular weight excluding hydrogens is 276 g/mol. The second-order valence-electron chi connectivity index (χ2n) is 5.03. The van der Waals surface area contributed by atoms with Gasteiger partial charge in [-0.15, -0.1) is 4.31 Å². The Labute approximate surface area is 121 Å². The first-order valence-corrected chi connectivity index (χ1v) is 7.67. The van der Waals surface area contributed by atoms with Crippen LogP contribution in [0.5, 0.6) is 0 Å². The largest absolute Gasteiger partial charge is 0.593 e. The van der Waals surface area contributed by atoms with Crippen molar-refractivity contribution >= 4 is 11.4 Å². The molecule has 2 N–H and O–H groups in total. The molecule has 1 heterocycles. The highest BCUT2D eigenvalue weighted by molar-refractivity contribution is 7.89. The summed E-state index contributed by atoms with van der Waals surface area (Å²) in [6, 6.07) is 7.19. The maximum atomic E-state index is 12.6. The predicted molar refractivity (Wildman–Crippen MR) is 75.2 cm³/mol. The Bertz CT molecular complexity index is 532. The lowest BCUT2D eigenvalue weighted by Crippen LogP contribution is -2.39. The molecule has 2 atom stereocenters. The van der Waals surface area contributed by atoms with Crippen molar-refractivity contribution in [1.82, 2.24) is 4.31 Å². The van der Waals surface area contributed by atoms with Gasteiger partial charge in [0.15, 0.2) is 4.90 Å². The topological polar surface area (TPSA) is 90.5 Å². The number of hydrogen-bond donors (Lipinski definition) is 2. The van der Waals surface area contributed by atoms with Crippen LogP contribution in [0.15, 0.2) is 23.1 Å². The smallest absolute Gasteiger partial charge is 0.177 e. The average molecular weight is 294 g/mol. The minimum Gasteiger partial charge on any atom is -0.593 e. The maximum absolute atomic E-state index is 12.6. The second kappa shape index (κ2) is 6.12. The molecule has 108 valence electrons. The summed E-state index contributed by atoms with van der Waals surface area (Å²) in [5.74, 6) is 0. The molecule has 0 spiro atoms. The van der Waals surface area contributed by atoms with Crippen molar-refractivity contribution in [3.05, 3.63) is 29.3 Å². The quantitative estimate of drug-likeness (QED) is 0.792. The lowest BCUT2D eigenvalue weighted by molar-refractivity contribution is -0.000729. The predicted octanol–water partition coefficient (Wildman–Crippen LogP) is 0.572. The number of benzene rings is 1. The summed E-state index contributed by atoms with van der Waals surface area (Å²) in [5.41, 5.74) is 0.270. The molecule has 0 saturated carbocycles. The normalized spacial score (nSPS) is 24.6. The summed E-state index contributed by atoms with van der Waals surface area (Å²) in [7, 11) is 0. The molecule has 2 unspecified atom stereocenters. The highest BCUT2D eigenvalue weighted by Gasteiger charge is 2.42. The minimum absolute atomic E-state index is 0.194. The van der Waals surface area contributed by atoms with Crippen LogP contribution in [-0.2, 0) is 17.8 Å². The van der Waals surface area contributed by atoms with E-state index in [0.29, 0.717) is 29.8 Å². The zero-order valence-electron chi connectivity index (χ0n) is 11.4. The molecule has 0 bridgehead atoms. The van der Waals surface area contributed by atoms with Gasteiger partial charge >= 0.3 is 0 Å². The molecule has 5 nitrogen and oxygen atoms in total. The van der Waals surface area contributed by atoms with Crippen molar-refractivity contribution < 1.29 is 14.8 Å². The highest BCUT2D eigenvalue weighted by Crippen LogP contribution is 2.29. The fourth-order valence-corrected chi connectivity index (χ4v) is 3.83. The fourth-order valence-electron chi connectivity index (χ4n) is 2.32. The zero-order chi connectivity index (χ0) is 14.8. The monoisotopic (exact) mass is 294 g/mol. The van der Waals surface area contributed by atoms with Crippen LogP contribution in [0.4, 0.5) is 0 Å².